The van der Waals surface area contributed by atoms with Gasteiger partial charge in [0.05, 0.1) is 28.0 Å². The first-order valence-corrected chi connectivity index (χ1v) is 13.9. The zero-order chi connectivity index (χ0) is 29.6. The van der Waals surface area contributed by atoms with Crippen LogP contribution in [0.25, 0.3) is 29.7 Å². The Morgan fingerprint density at radius 3 is 2.74 bits per heavy atom. The van der Waals surface area contributed by atoms with Gasteiger partial charge in [0.1, 0.15) is 17.3 Å². The van der Waals surface area contributed by atoms with E-state index in [-0.39, 0.29) is 18.0 Å². The van der Waals surface area contributed by atoms with Crippen molar-refractivity contribution in [3.63, 3.8) is 0 Å². The number of carboxylic acids is 1. The van der Waals surface area contributed by atoms with Crippen molar-refractivity contribution >= 4 is 30.0 Å². The molecule has 1 aliphatic heterocycles. The minimum absolute atomic E-state index is 0.0356. The number of fused-ring (bicyclic) bond motifs is 1. The Hall–Kier alpha value is -4.67. The van der Waals surface area contributed by atoms with Gasteiger partial charge in [0.25, 0.3) is 5.56 Å². The normalized spacial score (nSPS) is 16.1. The Labute approximate surface area is 241 Å². The van der Waals surface area contributed by atoms with Gasteiger partial charge in [-0.3, -0.25) is 14.2 Å². The van der Waals surface area contributed by atoms with Crippen LogP contribution < -0.4 is 27.3 Å². The summed E-state index contributed by atoms with van der Waals surface area (Å²) in [7, 11) is 0. The minimum Gasteiger partial charge on any atom is -0.481 e. The summed E-state index contributed by atoms with van der Waals surface area (Å²) in [6.45, 7) is 2.24. The predicted molar refractivity (Wildman–Crippen MR) is 159 cm³/mol. The standard InChI is InChI=1S/C32H32FN5O4/c1-2-5-20-10-17-26(35-28(20)19-34)29-18-27(37-42-29)21-8-15-24-25(16-9-21)36-30(6-3-4-7-31(39)40)38(32(24)41)23-13-11-22(33)12-14-23/h2,5,8,10-18,27,37H,3-4,6-7,9,19,34H2,1H3,(H,39,40)/b5-2-. The molecule has 0 bridgehead atoms. The summed E-state index contributed by atoms with van der Waals surface area (Å²) in [6, 6.07) is 9.26. The van der Waals surface area contributed by atoms with Crippen LogP contribution in [0.4, 0.5) is 4.39 Å². The lowest BCUT2D eigenvalue weighted by molar-refractivity contribution is -0.137. The number of pyridine rings is 1. The van der Waals surface area contributed by atoms with Crippen LogP contribution in [0.15, 0.2) is 65.0 Å². The fourth-order valence-corrected chi connectivity index (χ4v) is 5.01. The molecule has 9 nitrogen and oxygen atoms in total. The van der Waals surface area contributed by atoms with Crippen LogP contribution in [0, 0.1) is 5.82 Å². The van der Waals surface area contributed by atoms with Gasteiger partial charge < -0.3 is 15.7 Å². The number of hydrogen-bond acceptors (Lipinski definition) is 7. The molecule has 0 radical (unpaired) electrons. The van der Waals surface area contributed by atoms with Gasteiger partial charge in [-0.15, -0.1) is 5.48 Å². The lowest BCUT2D eigenvalue weighted by atomic mass is 10.0. The van der Waals surface area contributed by atoms with Crippen LogP contribution in [0.5, 0.6) is 0 Å². The number of allylic oxidation sites excluding steroid dienone is 2. The molecule has 0 amide bonds. The number of aromatic nitrogens is 3. The smallest absolute Gasteiger partial charge is 0.303 e. The first-order chi connectivity index (χ1) is 20.4. The molecule has 2 aliphatic rings. The third-order valence-corrected chi connectivity index (χ3v) is 7.15. The summed E-state index contributed by atoms with van der Waals surface area (Å²) in [5.41, 5.74) is 12.5. The van der Waals surface area contributed by atoms with E-state index < -0.39 is 11.8 Å². The Bertz CT molecular complexity index is 1770. The summed E-state index contributed by atoms with van der Waals surface area (Å²) >= 11 is 0. The van der Waals surface area contributed by atoms with Crippen molar-refractivity contribution < 1.29 is 19.1 Å². The maximum absolute atomic E-state index is 13.8. The molecule has 1 aliphatic carbocycles. The zero-order valence-electron chi connectivity index (χ0n) is 23.2. The zero-order valence-corrected chi connectivity index (χ0v) is 23.2. The second kappa shape index (κ2) is 12.9. The number of rotatable bonds is 10. The first kappa shape index (κ1) is 28.8. The van der Waals surface area contributed by atoms with E-state index in [1.807, 2.05) is 49.4 Å². The van der Waals surface area contributed by atoms with Gasteiger partial charge in [-0.05, 0) is 79.8 Å². The van der Waals surface area contributed by atoms with Crippen molar-refractivity contribution in [1.29, 1.82) is 0 Å². The van der Waals surface area contributed by atoms with Crippen LogP contribution in [0.2, 0.25) is 0 Å². The van der Waals surface area contributed by atoms with Crippen LogP contribution in [-0.4, -0.2) is 31.7 Å². The number of unbranched alkanes of at least 4 members (excludes halogenated alkanes) is 1. The number of carbonyl (C=O) groups is 1. The number of nitrogens with zero attached hydrogens (tertiary/aromatic N) is 3. The molecule has 3 heterocycles. The van der Waals surface area contributed by atoms with Gasteiger partial charge in [-0.1, -0.05) is 30.4 Å². The molecule has 4 N–H and O–H groups in total. The highest BCUT2D eigenvalue weighted by atomic mass is 19.1. The van der Waals surface area contributed by atoms with E-state index in [1.54, 1.807) is 6.08 Å². The quantitative estimate of drug-likeness (QED) is 0.318. The van der Waals surface area contributed by atoms with Crippen LogP contribution in [0.1, 0.15) is 55.4 Å². The van der Waals surface area contributed by atoms with Gasteiger partial charge in [0.2, 0.25) is 0 Å². The average molecular weight is 570 g/mol. The van der Waals surface area contributed by atoms with Gasteiger partial charge in [0, 0.05) is 19.4 Å². The number of aryl methyl sites for hydroxylation is 1. The number of hydrogen-bond donors (Lipinski definition) is 3. The second-order valence-corrected chi connectivity index (χ2v) is 10.0. The van der Waals surface area contributed by atoms with Crippen molar-refractivity contribution in [2.24, 2.45) is 5.73 Å². The summed E-state index contributed by atoms with van der Waals surface area (Å²) in [4.78, 5) is 40.0. The highest BCUT2D eigenvalue weighted by Crippen LogP contribution is 2.25. The van der Waals surface area contributed by atoms with E-state index in [9.17, 15) is 14.0 Å². The van der Waals surface area contributed by atoms with Gasteiger partial charge >= 0.3 is 5.97 Å². The number of hydroxylamine groups is 1. The van der Waals surface area contributed by atoms with Crippen LogP contribution in [-0.2, 0) is 22.6 Å². The van der Waals surface area contributed by atoms with E-state index in [0.717, 1.165) is 16.8 Å². The highest BCUT2D eigenvalue weighted by Gasteiger charge is 2.23. The van der Waals surface area contributed by atoms with E-state index in [1.165, 1.54) is 28.8 Å². The highest BCUT2D eigenvalue weighted by molar-refractivity contribution is 5.66. The molecule has 1 aromatic carbocycles. The van der Waals surface area contributed by atoms with Crippen molar-refractivity contribution in [2.75, 3.05) is 0 Å². The van der Waals surface area contributed by atoms with Crippen molar-refractivity contribution in [1.82, 2.24) is 20.0 Å². The molecule has 0 saturated heterocycles. The molecule has 0 spiro atoms. The van der Waals surface area contributed by atoms with Crippen molar-refractivity contribution in [3.05, 3.63) is 110 Å². The molecule has 0 saturated carbocycles. The molecular formula is C32H32FN5O4. The molecule has 0 fully saturated rings. The fraction of sp³-hybridized carbons (Fsp3) is 0.250. The van der Waals surface area contributed by atoms with E-state index in [4.69, 9.17) is 20.7 Å². The molecule has 5 rings (SSSR count). The molecule has 2 aromatic heterocycles. The van der Waals surface area contributed by atoms with Gasteiger partial charge in [0.15, 0.2) is 5.76 Å². The van der Waals surface area contributed by atoms with Crippen molar-refractivity contribution in [3.8, 4) is 5.69 Å². The number of halogens is 1. The SMILES string of the molecule is C/C=C\c1ccc(C2=CC(C3=CC=c4c(nc(CCCCC(=O)O)n(-c5ccc(F)cc5)c4=O)=CC3)NO2)nc1CN. The summed E-state index contributed by atoms with van der Waals surface area (Å²) < 4.78 is 15.1. The molecule has 3 aromatic rings. The molecular weight excluding hydrogens is 537 g/mol. The lowest BCUT2D eigenvalue weighted by Crippen LogP contribution is -2.47. The summed E-state index contributed by atoms with van der Waals surface area (Å²) in [5, 5.41) is 9.97. The largest absolute Gasteiger partial charge is 0.481 e. The maximum atomic E-state index is 13.8. The van der Waals surface area contributed by atoms with E-state index >= 15 is 0 Å². The number of nitrogens with one attached hydrogen (secondary N) is 1. The first-order valence-electron chi connectivity index (χ1n) is 13.9. The van der Waals surface area contributed by atoms with Gasteiger partial charge in [-0.2, -0.15) is 0 Å². The third-order valence-electron chi connectivity index (χ3n) is 7.15. The third kappa shape index (κ3) is 6.29. The fourth-order valence-electron chi connectivity index (χ4n) is 5.01. The number of aliphatic carboxylic acids is 1. The molecule has 216 valence electrons. The Balaban J connectivity index is 1.48. The topological polar surface area (TPSA) is 132 Å². The van der Waals surface area contributed by atoms with Crippen LogP contribution in [0.3, 0.4) is 0 Å². The number of benzene rings is 1. The predicted octanol–water partition coefficient (Wildman–Crippen LogP) is 2.89. The monoisotopic (exact) mass is 569 g/mol. The lowest BCUT2D eigenvalue weighted by Gasteiger charge is -2.12. The minimum atomic E-state index is -0.870. The number of nitrogens with two attached hydrogens (primary N) is 1. The summed E-state index contributed by atoms with van der Waals surface area (Å²) in [6.07, 6.45) is 13.3. The molecule has 1 atom stereocenters. The summed E-state index contributed by atoms with van der Waals surface area (Å²) in [5.74, 6) is -0.196. The second-order valence-electron chi connectivity index (χ2n) is 10.0. The van der Waals surface area contributed by atoms with Gasteiger partial charge in [-0.25, -0.2) is 14.4 Å². The molecule has 42 heavy (non-hydrogen) atoms. The number of carboxylic acid groups (broad SMARTS) is 1. The maximum Gasteiger partial charge on any atom is 0.303 e. The Kier molecular flexibility index (Phi) is 8.85. The van der Waals surface area contributed by atoms with Crippen LogP contribution >= 0.6 is 0 Å². The van der Waals surface area contributed by atoms with Crippen molar-refractivity contribution in [2.45, 2.75) is 51.6 Å². The van der Waals surface area contributed by atoms with E-state index in [0.29, 0.717) is 65.8 Å². The Morgan fingerprint density at radius 1 is 1.19 bits per heavy atom. The van der Waals surface area contributed by atoms with E-state index in [2.05, 4.69) is 10.5 Å². The molecule has 10 heteroatoms. The average Bonchev–Trinajstić information content (AvgIpc) is 3.37. The Morgan fingerprint density at radius 2 is 2.00 bits per heavy atom. The molecule has 1 unspecified atom stereocenters.